The van der Waals surface area contributed by atoms with Gasteiger partial charge in [0.15, 0.2) is 5.60 Å². The molecule has 1 fully saturated rings. The maximum absolute atomic E-state index is 12.9. The van der Waals surface area contributed by atoms with Gasteiger partial charge in [-0.2, -0.15) is 0 Å². The first-order chi connectivity index (χ1) is 14.4. The monoisotopic (exact) mass is 651 g/mol. The first kappa shape index (κ1) is 24.1. The van der Waals surface area contributed by atoms with Gasteiger partial charge in [0, 0.05) is 18.7 Å². The number of halogens is 2. The number of aliphatic hydroxyl groups is 1. The van der Waals surface area contributed by atoms with Crippen molar-refractivity contribution < 1.29 is 29.6 Å². The van der Waals surface area contributed by atoms with Crippen LogP contribution in [0.2, 0.25) is 0 Å². The van der Waals surface area contributed by atoms with E-state index in [1.54, 1.807) is 41.3 Å². The Morgan fingerprint density at radius 1 is 1.06 bits per heavy atom. The van der Waals surface area contributed by atoms with Crippen LogP contribution in [0.15, 0.2) is 36.4 Å². The number of carboxylic acid groups (broad SMARTS) is 1. The zero-order valence-electron chi connectivity index (χ0n) is 17.1. The van der Waals surface area contributed by atoms with Crippen molar-refractivity contribution in [1.82, 2.24) is 4.90 Å². The van der Waals surface area contributed by atoms with Crippen LogP contribution < -0.4 is 4.74 Å². The number of aliphatic carboxylic acids is 1. The molecule has 1 aliphatic rings. The summed E-state index contributed by atoms with van der Waals surface area (Å²) in [6.07, 6.45) is 0.762. The number of likely N-dealkylation sites (tertiary alicyclic amines) is 1. The zero-order chi connectivity index (χ0) is 23.0. The van der Waals surface area contributed by atoms with Crippen molar-refractivity contribution in [2.45, 2.75) is 37.9 Å². The van der Waals surface area contributed by atoms with E-state index in [2.05, 4.69) is 0 Å². The summed E-state index contributed by atoms with van der Waals surface area (Å²) in [6.45, 7) is 3.74. The molecule has 0 saturated carbocycles. The molecule has 2 aromatic rings. The minimum Gasteiger partial charge on any atom is -0.506 e. The quantitative estimate of drug-likeness (QED) is 0.423. The van der Waals surface area contributed by atoms with E-state index in [0.29, 0.717) is 49.9 Å². The Balaban J connectivity index is 1.68. The highest BCUT2D eigenvalue weighted by Gasteiger charge is 2.36. The molecule has 1 saturated heterocycles. The Kier molecular flexibility index (Phi) is 7.06. The molecule has 3 rings (SSSR count). The van der Waals surface area contributed by atoms with E-state index in [4.69, 9.17) is 4.74 Å². The summed E-state index contributed by atoms with van der Waals surface area (Å²) in [5.74, 6) is -0.614. The Labute approximate surface area is 207 Å². The molecule has 1 aliphatic heterocycles. The number of rotatable bonds is 5. The average molecular weight is 651 g/mol. The van der Waals surface area contributed by atoms with Gasteiger partial charge in [-0.05, 0) is 102 Å². The predicted molar refractivity (Wildman–Crippen MR) is 131 cm³/mol. The predicted octanol–water partition coefficient (Wildman–Crippen LogP) is 3.97. The normalized spacial score (nSPS) is 16.1. The van der Waals surface area contributed by atoms with Crippen molar-refractivity contribution >= 4 is 57.1 Å². The molecule has 1 heterocycles. The van der Waals surface area contributed by atoms with Crippen molar-refractivity contribution in [2.75, 3.05) is 13.1 Å². The molecular weight excluding hydrogens is 628 g/mol. The maximum Gasteiger partial charge on any atom is 0.347 e. The van der Waals surface area contributed by atoms with Crippen LogP contribution in [-0.2, 0) is 10.4 Å². The highest BCUT2D eigenvalue weighted by Crippen LogP contribution is 2.35. The largest absolute Gasteiger partial charge is 0.506 e. The van der Waals surface area contributed by atoms with Crippen molar-refractivity contribution in [1.29, 1.82) is 0 Å². The maximum atomic E-state index is 12.9. The molecule has 0 aromatic heterocycles. The third-order valence-electron chi connectivity index (χ3n) is 5.42. The van der Waals surface area contributed by atoms with Crippen LogP contribution in [0, 0.1) is 7.14 Å². The number of carbonyl (C=O) groups is 2. The molecule has 31 heavy (non-hydrogen) atoms. The van der Waals surface area contributed by atoms with Gasteiger partial charge in [0.05, 0.1) is 12.7 Å². The molecule has 1 amide bonds. The number of benzene rings is 2. The van der Waals surface area contributed by atoms with E-state index in [1.165, 1.54) is 13.8 Å². The van der Waals surface area contributed by atoms with Crippen molar-refractivity contribution in [3.05, 3.63) is 54.7 Å². The second-order valence-corrected chi connectivity index (χ2v) is 10.4. The fourth-order valence-electron chi connectivity index (χ4n) is 3.41. The molecule has 0 unspecified atom stereocenters. The van der Waals surface area contributed by atoms with E-state index in [0.717, 1.165) is 0 Å². The Morgan fingerprint density at radius 3 is 2.06 bits per heavy atom. The molecule has 7 nitrogen and oxygen atoms in total. The van der Waals surface area contributed by atoms with Gasteiger partial charge in [-0.1, -0.05) is 12.1 Å². The Hall–Kier alpha value is -1.60. The second kappa shape index (κ2) is 9.10. The number of piperidine rings is 1. The number of nitrogens with zero attached hydrogens (tertiary/aromatic N) is 1. The molecule has 9 heteroatoms. The fourth-order valence-corrected chi connectivity index (χ4v) is 5.18. The van der Waals surface area contributed by atoms with Crippen LogP contribution in [0.3, 0.4) is 0 Å². The number of carboxylic acids is 1. The van der Waals surface area contributed by atoms with Gasteiger partial charge in [-0.3, -0.25) is 4.79 Å². The van der Waals surface area contributed by atoms with Gasteiger partial charge >= 0.3 is 5.97 Å². The number of aromatic hydroxyl groups is 1. The third kappa shape index (κ3) is 5.25. The summed E-state index contributed by atoms with van der Waals surface area (Å²) in [4.78, 5) is 25.8. The summed E-state index contributed by atoms with van der Waals surface area (Å²) in [5, 5.41) is 30.2. The summed E-state index contributed by atoms with van der Waals surface area (Å²) >= 11 is 4.00. The van der Waals surface area contributed by atoms with Crippen LogP contribution in [0.5, 0.6) is 11.5 Å². The van der Waals surface area contributed by atoms with Crippen molar-refractivity contribution in [3.8, 4) is 11.5 Å². The number of phenols is 1. The molecule has 0 radical (unpaired) electrons. The highest BCUT2D eigenvalue weighted by atomic mass is 127. The molecular formula is C22H23I2NO6. The van der Waals surface area contributed by atoms with Gasteiger partial charge < -0.3 is 25.0 Å². The number of phenolic OH excluding ortho intramolecular Hbond substituents is 1. The lowest BCUT2D eigenvalue weighted by atomic mass is 9.84. The lowest BCUT2D eigenvalue weighted by Gasteiger charge is -2.38. The lowest BCUT2D eigenvalue weighted by molar-refractivity contribution is -0.152. The summed E-state index contributed by atoms with van der Waals surface area (Å²) in [5.41, 5.74) is -1.21. The van der Waals surface area contributed by atoms with Gasteiger partial charge in [-0.25, -0.2) is 4.79 Å². The molecule has 0 aliphatic carbocycles. The van der Waals surface area contributed by atoms with E-state index in [-0.39, 0.29) is 11.7 Å². The summed E-state index contributed by atoms with van der Waals surface area (Å²) < 4.78 is 6.75. The van der Waals surface area contributed by atoms with Crippen LogP contribution in [0.4, 0.5) is 0 Å². The molecule has 0 atom stereocenters. The summed E-state index contributed by atoms with van der Waals surface area (Å²) in [6, 6.07) is 10.1. The lowest BCUT2D eigenvalue weighted by Crippen LogP contribution is -2.45. The number of carbonyl (C=O) groups excluding carboxylic acids is 1. The van der Waals surface area contributed by atoms with E-state index < -0.39 is 17.2 Å². The number of amides is 1. The minimum absolute atomic E-state index is 0.127. The second-order valence-electron chi connectivity index (χ2n) is 8.05. The molecule has 2 aromatic carbocycles. The third-order valence-corrected chi connectivity index (χ3v) is 7.07. The first-order valence-electron chi connectivity index (χ1n) is 9.65. The topological polar surface area (TPSA) is 107 Å². The smallest absolute Gasteiger partial charge is 0.347 e. The van der Waals surface area contributed by atoms with Crippen molar-refractivity contribution in [3.63, 3.8) is 0 Å². The summed E-state index contributed by atoms with van der Waals surface area (Å²) in [7, 11) is 0. The molecule has 0 spiro atoms. The van der Waals surface area contributed by atoms with E-state index >= 15 is 0 Å². The van der Waals surface area contributed by atoms with Gasteiger partial charge in [0.2, 0.25) is 0 Å². The highest BCUT2D eigenvalue weighted by molar-refractivity contribution is 14.1. The molecule has 166 valence electrons. The SMILES string of the molecule is CC(C)(Oc1ccc(C2(O)CCN(C(=O)c3cc(I)c(O)c(I)c3)CC2)cc1)C(=O)O. The van der Waals surface area contributed by atoms with Gasteiger partial charge in [0.1, 0.15) is 11.5 Å². The first-order valence-corrected chi connectivity index (χ1v) is 11.8. The van der Waals surface area contributed by atoms with E-state index in [1.807, 2.05) is 45.2 Å². The van der Waals surface area contributed by atoms with Crippen LogP contribution >= 0.6 is 45.2 Å². The van der Waals surface area contributed by atoms with Crippen molar-refractivity contribution in [2.24, 2.45) is 0 Å². The Bertz CT molecular complexity index is 975. The van der Waals surface area contributed by atoms with Gasteiger partial charge in [-0.15, -0.1) is 0 Å². The zero-order valence-corrected chi connectivity index (χ0v) is 21.4. The average Bonchev–Trinajstić information content (AvgIpc) is 2.71. The minimum atomic E-state index is -1.35. The number of hydrogen-bond donors (Lipinski definition) is 3. The van der Waals surface area contributed by atoms with Crippen LogP contribution in [0.1, 0.15) is 42.6 Å². The number of hydrogen-bond acceptors (Lipinski definition) is 5. The molecule has 3 N–H and O–H groups in total. The Morgan fingerprint density at radius 2 is 1.58 bits per heavy atom. The van der Waals surface area contributed by atoms with Gasteiger partial charge in [0.25, 0.3) is 5.91 Å². The van der Waals surface area contributed by atoms with Crippen LogP contribution in [0.25, 0.3) is 0 Å². The van der Waals surface area contributed by atoms with Crippen LogP contribution in [-0.4, -0.2) is 50.8 Å². The molecule has 0 bridgehead atoms. The standard InChI is InChI=1S/C22H23I2NO6/c1-21(2,20(28)29)31-15-5-3-14(4-6-15)22(30)7-9-25(10-8-22)19(27)13-11-16(23)18(26)17(24)12-13/h3-6,11-12,26,30H,7-10H2,1-2H3,(H,28,29). The number of ether oxygens (including phenoxy) is 1. The fraction of sp³-hybridized carbons (Fsp3) is 0.364. The van der Waals surface area contributed by atoms with E-state index in [9.17, 15) is 24.9 Å².